The Hall–Kier alpha value is -2.40. The average molecular weight is 356 g/mol. The number of nitrogens with two attached hydrogens (primary N) is 1. The Morgan fingerprint density at radius 1 is 1.27 bits per heavy atom. The van der Waals surface area contributed by atoms with Crippen LogP contribution in [0.5, 0.6) is 5.75 Å². The van der Waals surface area contributed by atoms with Gasteiger partial charge in [-0.15, -0.1) is 0 Å². The zero-order valence-electron chi connectivity index (χ0n) is 15.0. The van der Waals surface area contributed by atoms with E-state index in [0.29, 0.717) is 6.61 Å². The number of amides is 1. The van der Waals surface area contributed by atoms with Crippen molar-refractivity contribution in [2.24, 2.45) is 5.73 Å². The van der Waals surface area contributed by atoms with Crippen LogP contribution in [-0.2, 0) is 11.4 Å². The van der Waals surface area contributed by atoms with Gasteiger partial charge in [0.15, 0.2) is 0 Å². The third kappa shape index (κ3) is 4.41. The summed E-state index contributed by atoms with van der Waals surface area (Å²) in [5.74, 6) is 0.192. The lowest BCUT2D eigenvalue weighted by Gasteiger charge is -2.39. The van der Waals surface area contributed by atoms with Gasteiger partial charge >= 0.3 is 0 Å². The van der Waals surface area contributed by atoms with E-state index in [2.05, 4.69) is 4.90 Å². The minimum atomic E-state index is -0.285. The zero-order chi connectivity index (χ0) is 18.5. The van der Waals surface area contributed by atoms with Crippen molar-refractivity contribution in [3.63, 3.8) is 0 Å². The second-order valence-electron chi connectivity index (χ2n) is 6.82. The van der Waals surface area contributed by atoms with E-state index in [0.717, 1.165) is 42.7 Å². The Balaban J connectivity index is 1.67. The number of hydrogen-bond acceptors (Lipinski definition) is 3. The highest BCUT2D eigenvalue weighted by molar-refractivity contribution is 5.79. The highest BCUT2D eigenvalue weighted by atomic mass is 19.1. The molecule has 0 bridgehead atoms. The first-order valence-corrected chi connectivity index (χ1v) is 9.07. The lowest BCUT2D eigenvalue weighted by atomic mass is 9.93. The third-order valence-electron chi connectivity index (χ3n) is 5.01. The SMILES string of the molecule is CC(C(N)=O)N1CCCCC1c1ccc(OCc2cccc(F)c2)cc1. The topological polar surface area (TPSA) is 55.6 Å². The van der Waals surface area contributed by atoms with E-state index in [1.807, 2.05) is 37.3 Å². The molecule has 0 aromatic heterocycles. The molecule has 26 heavy (non-hydrogen) atoms. The van der Waals surface area contributed by atoms with E-state index in [-0.39, 0.29) is 23.8 Å². The Bertz CT molecular complexity index is 748. The molecular weight excluding hydrogens is 331 g/mol. The molecule has 2 unspecified atom stereocenters. The highest BCUT2D eigenvalue weighted by Gasteiger charge is 2.30. The predicted octanol–water partition coefficient (Wildman–Crippen LogP) is 3.81. The van der Waals surface area contributed by atoms with E-state index in [4.69, 9.17) is 10.5 Å². The van der Waals surface area contributed by atoms with Gasteiger partial charge in [-0.05, 0) is 61.7 Å². The summed E-state index contributed by atoms with van der Waals surface area (Å²) in [6.45, 7) is 3.08. The summed E-state index contributed by atoms with van der Waals surface area (Å²) in [5, 5.41) is 0. The van der Waals surface area contributed by atoms with Crippen molar-refractivity contribution >= 4 is 5.91 Å². The molecule has 5 heteroatoms. The number of halogens is 1. The van der Waals surface area contributed by atoms with Crippen molar-refractivity contribution in [1.29, 1.82) is 0 Å². The van der Waals surface area contributed by atoms with Gasteiger partial charge in [0.25, 0.3) is 0 Å². The summed E-state index contributed by atoms with van der Waals surface area (Å²) < 4.78 is 19.0. The second kappa shape index (κ2) is 8.32. The quantitative estimate of drug-likeness (QED) is 0.856. The first-order valence-electron chi connectivity index (χ1n) is 9.07. The van der Waals surface area contributed by atoms with Crippen LogP contribution in [0.4, 0.5) is 4.39 Å². The van der Waals surface area contributed by atoms with E-state index in [9.17, 15) is 9.18 Å². The molecular formula is C21H25FN2O2. The number of ether oxygens (including phenoxy) is 1. The Morgan fingerprint density at radius 2 is 2.04 bits per heavy atom. The number of likely N-dealkylation sites (tertiary alicyclic amines) is 1. The highest BCUT2D eigenvalue weighted by Crippen LogP contribution is 2.33. The maximum atomic E-state index is 13.2. The van der Waals surface area contributed by atoms with Crippen LogP contribution in [-0.4, -0.2) is 23.4 Å². The van der Waals surface area contributed by atoms with Crippen LogP contribution >= 0.6 is 0 Å². The number of carbonyl (C=O) groups is 1. The Morgan fingerprint density at radius 3 is 2.73 bits per heavy atom. The molecule has 0 radical (unpaired) electrons. The molecule has 1 fully saturated rings. The molecule has 1 aliphatic heterocycles. The minimum absolute atomic E-state index is 0.198. The molecule has 1 amide bonds. The normalized spacial score (nSPS) is 19.1. The van der Waals surface area contributed by atoms with Crippen LogP contribution in [0.1, 0.15) is 43.4 Å². The first kappa shape index (κ1) is 18.4. The van der Waals surface area contributed by atoms with Crippen molar-refractivity contribution in [3.8, 4) is 5.75 Å². The van der Waals surface area contributed by atoms with Gasteiger partial charge < -0.3 is 10.5 Å². The molecule has 0 saturated carbocycles. The molecule has 0 aliphatic carbocycles. The fraction of sp³-hybridized carbons (Fsp3) is 0.381. The predicted molar refractivity (Wildman–Crippen MR) is 99.1 cm³/mol. The van der Waals surface area contributed by atoms with Gasteiger partial charge in [-0.25, -0.2) is 4.39 Å². The summed E-state index contributed by atoms with van der Waals surface area (Å²) in [7, 11) is 0. The van der Waals surface area contributed by atoms with Crippen LogP contribution in [0.15, 0.2) is 48.5 Å². The zero-order valence-corrected chi connectivity index (χ0v) is 15.0. The molecule has 138 valence electrons. The molecule has 4 nitrogen and oxygen atoms in total. The van der Waals surface area contributed by atoms with Gasteiger partial charge in [0.2, 0.25) is 5.91 Å². The second-order valence-corrected chi connectivity index (χ2v) is 6.82. The van der Waals surface area contributed by atoms with Crippen LogP contribution < -0.4 is 10.5 Å². The molecule has 3 rings (SSSR count). The number of primary amides is 1. The number of nitrogens with zero attached hydrogens (tertiary/aromatic N) is 1. The molecule has 1 aliphatic rings. The van der Waals surface area contributed by atoms with Crippen LogP contribution in [0, 0.1) is 5.82 Å². The van der Waals surface area contributed by atoms with Crippen LogP contribution in [0.3, 0.4) is 0 Å². The monoisotopic (exact) mass is 356 g/mol. The fourth-order valence-corrected chi connectivity index (χ4v) is 3.52. The largest absolute Gasteiger partial charge is 0.489 e. The maximum Gasteiger partial charge on any atom is 0.234 e. The smallest absolute Gasteiger partial charge is 0.234 e. The van der Waals surface area contributed by atoms with E-state index < -0.39 is 0 Å². The molecule has 2 N–H and O–H groups in total. The molecule has 1 saturated heterocycles. The summed E-state index contributed by atoms with van der Waals surface area (Å²) in [4.78, 5) is 13.8. The van der Waals surface area contributed by atoms with Gasteiger partial charge in [0.05, 0.1) is 6.04 Å². The van der Waals surface area contributed by atoms with Gasteiger partial charge in [-0.2, -0.15) is 0 Å². The average Bonchev–Trinajstić information content (AvgIpc) is 2.66. The molecule has 1 heterocycles. The van der Waals surface area contributed by atoms with Crippen molar-refractivity contribution in [3.05, 3.63) is 65.5 Å². The number of rotatable bonds is 6. The summed E-state index contributed by atoms with van der Waals surface area (Å²) >= 11 is 0. The lowest BCUT2D eigenvalue weighted by Crippen LogP contribution is -2.46. The van der Waals surface area contributed by atoms with Gasteiger partial charge in [0, 0.05) is 6.04 Å². The van der Waals surface area contributed by atoms with Gasteiger partial charge in [-0.3, -0.25) is 9.69 Å². The van der Waals surface area contributed by atoms with Crippen LogP contribution in [0.2, 0.25) is 0 Å². The van der Waals surface area contributed by atoms with E-state index in [1.54, 1.807) is 6.07 Å². The standard InChI is InChI=1S/C21H25FN2O2/c1-15(21(23)25)24-12-3-2-7-20(24)17-8-10-19(11-9-17)26-14-16-5-4-6-18(22)13-16/h4-6,8-11,13,15,20H,2-3,7,12,14H2,1H3,(H2,23,25). The number of benzene rings is 2. The third-order valence-corrected chi connectivity index (χ3v) is 5.01. The summed E-state index contributed by atoms with van der Waals surface area (Å²) in [6, 6.07) is 14.3. The van der Waals surface area contributed by atoms with Crippen LogP contribution in [0.25, 0.3) is 0 Å². The van der Waals surface area contributed by atoms with Crippen molar-refractivity contribution in [2.45, 2.75) is 44.9 Å². The molecule has 2 aromatic carbocycles. The number of piperidine rings is 1. The molecule has 2 atom stereocenters. The Labute approximate surface area is 153 Å². The first-order chi connectivity index (χ1) is 12.5. The van der Waals surface area contributed by atoms with Crippen molar-refractivity contribution in [1.82, 2.24) is 4.90 Å². The van der Waals surface area contributed by atoms with Gasteiger partial charge in [-0.1, -0.05) is 30.7 Å². The van der Waals surface area contributed by atoms with Crippen molar-refractivity contribution in [2.75, 3.05) is 6.54 Å². The van der Waals surface area contributed by atoms with Gasteiger partial charge in [0.1, 0.15) is 18.2 Å². The number of carbonyl (C=O) groups excluding carboxylic acids is 1. The fourth-order valence-electron chi connectivity index (χ4n) is 3.52. The summed E-state index contributed by atoms with van der Waals surface area (Å²) in [5.41, 5.74) is 7.47. The maximum absolute atomic E-state index is 13.2. The molecule has 0 spiro atoms. The van der Waals surface area contributed by atoms with Crippen molar-refractivity contribution < 1.29 is 13.9 Å². The number of hydrogen-bond donors (Lipinski definition) is 1. The Kier molecular flexibility index (Phi) is 5.89. The molecule has 2 aromatic rings. The minimum Gasteiger partial charge on any atom is -0.489 e. The summed E-state index contributed by atoms with van der Waals surface area (Å²) in [6.07, 6.45) is 3.24. The van der Waals surface area contributed by atoms with E-state index >= 15 is 0 Å². The van der Waals surface area contributed by atoms with E-state index in [1.165, 1.54) is 12.1 Å². The lowest BCUT2D eigenvalue weighted by molar-refractivity contribution is -0.124.